The molecule has 1 aromatic rings. The summed E-state index contributed by atoms with van der Waals surface area (Å²) in [7, 11) is -0.412. The fraction of sp³-hybridized carbons (Fsp3) is 0.545. The standard InChI is InChI=1S/C11H17N3O2S/c1-14(2)17(15,16)11-6-3-9(8-13-11)7-12-10-4-5-10/h3,6,8,10,12H,4-5,7H2,1-2H3. The summed E-state index contributed by atoms with van der Waals surface area (Å²) >= 11 is 0. The van der Waals surface area contributed by atoms with Gasteiger partial charge in [0, 0.05) is 32.9 Å². The number of rotatable bonds is 5. The highest BCUT2D eigenvalue weighted by molar-refractivity contribution is 7.89. The average Bonchev–Trinajstić information content (AvgIpc) is 3.10. The molecule has 0 atom stereocenters. The van der Waals surface area contributed by atoms with Crippen molar-refractivity contribution in [2.24, 2.45) is 0 Å². The van der Waals surface area contributed by atoms with Crippen molar-refractivity contribution in [2.75, 3.05) is 14.1 Å². The Hall–Kier alpha value is -0.980. The molecule has 5 nitrogen and oxygen atoms in total. The van der Waals surface area contributed by atoms with Crippen molar-refractivity contribution in [3.63, 3.8) is 0 Å². The molecule has 0 aliphatic heterocycles. The minimum Gasteiger partial charge on any atom is -0.310 e. The van der Waals surface area contributed by atoms with Crippen LogP contribution in [0, 0.1) is 0 Å². The molecule has 0 spiro atoms. The van der Waals surface area contributed by atoms with Gasteiger partial charge in [0.2, 0.25) is 0 Å². The molecule has 1 heterocycles. The molecular weight excluding hydrogens is 238 g/mol. The molecule has 1 fully saturated rings. The highest BCUT2D eigenvalue weighted by Gasteiger charge is 2.21. The quantitative estimate of drug-likeness (QED) is 0.836. The van der Waals surface area contributed by atoms with Gasteiger partial charge in [0.05, 0.1) is 0 Å². The molecule has 1 aliphatic rings. The number of hydrogen-bond acceptors (Lipinski definition) is 4. The number of pyridine rings is 1. The average molecular weight is 255 g/mol. The summed E-state index contributed by atoms with van der Waals surface area (Å²) in [6.07, 6.45) is 4.09. The van der Waals surface area contributed by atoms with Crippen LogP contribution in [0.5, 0.6) is 0 Å². The Labute approximate surface area is 102 Å². The molecule has 0 unspecified atom stereocenters. The predicted octanol–water partition coefficient (Wildman–Crippen LogP) is 0.584. The third-order valence-electron chi connectivity index (χ3n) is 2.71. The lowest BCUT2D eigenvalue weighted by atomic mass is 10.3. The van der Waals surface area contributed by atoms with Crippen molar-refractivity contribution in [3.8, 4) is 0 Å². The second kappa shape index (κ2) is 4.72. The highest BCUT2D eigenvalue weighted by atomic mass is 32.2. The van der Waals surface area contributed by atoms with E-state index < -0.39 is 10.0 Å². The Morgan fingerprint density at radius 3 is 2.59 bits per heavy atom. The fourth-order valence-corrected chi connectivity index (χ4v) is 2.20. The van der Waals surface area contributed by atoms with Crippen LogP contribution in [-0.4, -0.2) is 37.8 Å². The molecule has 1 saturated carbocycles. The van der Waals surface area contributed by atoms with E-state index in [9.17, 15) is 8.42 Å². The van der Waals surface area contributed by atoms with Crippen molar-refractivity contribution >= 4 is 10.0 Å². The van der Waals surface area contributed by atoms with E-state index in [1.165, 1.54) is 26.9 Å². The lowest BCUT2D eigenvalue weighted by Crippen LogP contribution is -2.23. The Morgan fingerprint density at radius 2 is 2.12 bits per heavy atom. The van der Waals surface area contributed by atoms with E-state index in [1.54, 1.807) is 18.3 Å². The Kier molecular flexibility index (Phi) is 3.46. The first kappa shape index (κ1) is 12.5. The molecule has 1 aliphatic carbocycles. The maximum Gasteiger partial charge on any atom is 0.260 e. The van der Waals surface area contributed by atoms with Gasteiger partial charge in [-0.2, -0.15) is 0 Å². The van der Waals surface area contributed by atoms with Gasteiger partial charge in [-0.1, -0.05) is 6.07 Å². The van der Waals surface area contributed by atoms with Crippen molar-refractivity contribution in [3.05, 3.63) is 23.9 Å². The maximum absolute atomic E-state index is 11.8. The fourth-order valence-electron chi connectivity index (χ4n) is 1.40. The zero-order chi connectivity index (χ0) is 12.5. The second-order valence-electron chi connectivity index (χ2n) is 4.45. The molecule has 2 rings (SSSR count). The number of nitrogens with zero attached hydrogens (tertiary/aromatic N) is 2. The number of hydrogen-bond donors (Lipinski definition) is 1. The summed E-state index contributed by atoms with van der Waals surface area (Å²) in [6.45, 7) is 0.750. The molecule has 0 radical (unpaired) electrons. The number of sulfonamides is 1. The minimum atomic E-state index is -3.41. The van der Waals surface area contributed by atoms with Crippen molar-refractivity contribution in [2.45, 2.75) is 30.5 Å². The van der Waals surface area contributed by atoms with Crippen molar-refractivity contribution in [1.82, 2.24) is 14.6 Å². The van der Waals surface area contributed by atoms with Gasteiger partial charge in [0.25, 0.3) is 10.0 Å². The molecule has 1 aromatic heterocycles. The lowest BCUT2D eigenvalue weighted by molar-refractivity contribution is 0.516. The molecule has 0 bridgehead atoms. The van der Waals surface area contributed by atoms with Crippen molar-refractivity contribution < 1.29 is 8.42 Å². The summed E-state index contributed by atoms with van der Waals surface area (Å²) in [5, 5.41) is 3.45. The van der Waals surface area contributed by atoms with Gasteiger partial charge in [-0.05, 0) is 24.5 Å². The third kappa shape index (κ3) is 3.02. The van der Waals surface area contributed by atoms with Gasteiger partial charge in [0.1, 0.15) is 0 Å². The number of nitrogens with one attached hydrogen (secondary N) is 1. The Balaban J connectivity index is 2.06. The second-order valence-corrected chi connectivity index (χ2v) is 6.55. The van der Waals surface area contributed by atoms with Crippen LogP contribution >= 0.6 is 0 Å². The van der Waals surface area contributed by atoms with E-state index in [0.717, 1.165) is 16.4 Å². The van der Waals surface area contributed by atoms with Crippen LogP contribution in [0.4, 0.5) is 0 Å². The van der Waals surface area contributed by atoms with Crippen LogP contribution in [0.3, 0.4) is 0 Å². The highest BCUT2D eigenvalue weighted by Crippen LogP contribution is 2.19. The first-order valence-corrected chi connectivity index (χ1v) is 7.05. The molecule has 0 saturated heterocycles. The molecule has 6 heteroatoms. The van der Waals surface area contributed by atoms with Gasteiger partial charge < -0.3 is 5.32 Å². The molecule has 0 amide bonds. The van der Waals surface area contributed by atoms with Gasteiger partial charge in [-0.3, -0.25) is 0 Å². The molecule has 1 N–H and O–H groups in total. The van der Waals surface area contributed by atoms with E-state index >= 15 is 0 Å². The molecule has 94 valence electrons. The monoisotopic (exact) mass is 255 g/mol. The summed E-state index contributed by atoms with van der Waals surface area (Å²) in [6, 6.07) is 4.00. The van der Waals surface area contributed by atoms with Gasteiger partial charge in [0.15, 0.2) is 5.03 Å². The van der Waals surface area contributed by atoms with E-state index in [2.05, 4.69) is 10.3 Å². The summed E-state index contributed by atoms with van der Waals surface area (Å²) in [5.41, 5.74) is 1.01. The summed E-state index contributed by atoms with van der Waals surface area (Å²) in [5.74, 6) is 0. The predicted molar refractivity (Wildman–Crippen MR) is 65.0 cm³/mol. The topological polar surface area (TPSA) is 62.3 Å². The first-order valence-electron chi connectivity index (χ1n) is 5.61. The zero-order valence-corrected chi connectivity index (χ0v) is 10.9. The van der Waals surface area contributed by atoms with Gasteiger partial charge >= 0.3 is 0 Å². The van der Waals surface area contributed by atoms with Crippen molar-refractivity contribution in [1.29, 1.82) is 0 Å². The SMILES string of the molecule is CN(C)S(=O)(=O)c1ccc(CNC2CC2)cn1. The van der Waals surface area contributed by atoms with E-state index in [1.807, 2.05) is 0 Å². The largest absolute Gasteiger partial charge is 0.310 e. The van der Waals surface area contributed by atoms with Crippen LogP contribution in [-0.2, 0) is 16.6 Å². The summed E-state index contributed by atoms with van der Waals surface area (Å²) < 4.78 is 24.7. The lowest BCUT2D eigenvalue weighted by Gasteiger charge is -2.10. The smallest absolute Gasteiger partial charge is 0.260 e. The summed E-state index contributed by atoms with van der Waals surface area (Å²) in [4.78, 5) is 4.00. The Morgan fingerprint density at radius 1 is 1.41 bits per heavy atom. The Bertz CT molecular complexity index is 478. The minimum absolute atomic E-state index is 0.0951. The molecular formula is C11H17N3O2S. The third-order valence-corrected chi connectivity index (χ3v) is 4.45. The van der Waals surface area contributed by atoms with Crippen LogP contribution in [0.2, 0.25) is 0 Å². The normalized spacial score (nSPS) is 16.4. The van der Waals surface area contributed by atoms with E-state index in [-0.39, 0.29) is 5.03 Å². The van der Waals surface area contributed by atoms with Gasteiger partial charge in [-0.15, -0.1) is 0 Å². The van der Waals surface area contributed by atoms with Gasteiger partial charge in [-0.25, -0.2) is 17.7 Å². The first-order chi connectivity index (χ1) is 8.00. The van der Waals surface area contributed by atoms with Crippen LogP contribution in [0.25, 0.3) is 0 Å². The number of aromatic nitrogens is 1. The zero-order valence-electron chi connectivity index (χ0n) is 10.0. The van der Waals surface area contributed by atoms with E-state index in [0.29, 0.717) is 6.04 Å². The van der Waals surface area contributed by atoms with Crippen LogP contribution in [0.15, 0.2) is 23.4 Å². The molecule has 0 aromatic carbocycles. The molecule has 17 heavy (non-hydrogen) atoms. The van der Waals surface area contributed by atoms with Crippen LogP contribution in [0.1, 0.15) is 18.4 Å². The van der Waals surface area contributed by atoms with Crippen LogP contribution < -0.4 is 5.32 Å². The van der Waals surface area contributed by atoms with E-state index in [4.69, 9.17) is 0 Å². The maximum atomic E-state index is 11.8.